The van der Waals surface area contributed by atoms with Gasteiger partial charge in [0, 0.05) is 30.0 Å². The summed E-state index contributed by atoms with van der Waals surface area (Å²) in [6.07, 6.45) is 4.32. The zero-order valence-electron chi connectivity index (χ0n) is 13.9. The van der Waals surface area contributed by atoms with E-state index < -0.39 is 0 Å². The predicted molar refractivity (Wildman–Crippen MR) is 88.9 cm³/mol. The maximum Gasteiger partial charge on any atom is 0.220 e. The first kappa shape index (κ1) is 16.8. The number of unbranched alkanes of at least 4 members (excludes halogenated alkanes) is 1. The first-order valence-electron chi connectivity index (χ1n) is 8.41. The van der Waals surface area contributed by atoms with E-state index in [0.29, 0.717) is 13.0 Å². The summed E-state index contributed by atoms with van der Waals surface area (Å²) in [6, 6.07) is 4.25. The van der Waals surface area contributed by atoms with Crippen molar-refractivity contribution in [1.29, 1.82) is 0 Å². The van der Waals surface area contributed by atoms with E-state index in [-0.39, 0.29) is 18.0 Å². The van der Waals surface area contributed by atoms with Crippen LogP contribution >= 0.6 is 0 Å². The molecular weight excluding hydrogens is 276 g/mol. The zero-order chi connectivity index (χ0) is 16.1. The Labute approximate surface area is 133 Å². The van der Waals surface area contributed by atoms with E-state index in [1.807, 2.05) is 6.92 Å². The van der Waals surface area contributed by atoms with Crippen LogP contribution in [0.25, 0.3) is 0 Å². The fourth-order valence-electron chi connectivity index (χ4n) is 2.89. The van der Waals surface area contributed by atoms with Crippen molar-refractivity contribution in [3.8, 4) is 5.75 Å². The first-order chi connectivity index (χ1) is 10.6. The molecule has 0 radical (unpaired) electrons. The van der Waals surface area contributed by atoms with E-state index in [2.05, 4.69) is 31.3 Å². The Morgan fingerprint density at radius 1 is 1.45 bits per heavy atom. The van der Waals surface area contributed by atoms with E-state index in [1.165, 1.54) is 5.56 Å². The molecule has 0 saturated heterocycles. The average molecular weight is 304 g/mol. The largest absolute Gasteiger partial charge is 0.493 e. The lowest BCUT2D eigenvalue weighted by molar-refractivity contribution is -0.122. The molecule has 122 valence electrons. The molecule has 0 spiro atoms. The van der Waals surface area contributed by atoms with Gasteiger partial charge in [-0.25, -0.2) is 0 Å². The van der Waals surface area contributed by atoms with Crippen LogP contribution in [0.1, 0.15) is 75.2 Å². The molecule has 2 unspecified atom stereocenters. The number of benzene rings is 1. The van der Waals surface area contributed by atoms with E-state index in [4.69, 9.17) is 10.5 Å². The number of fused-ring (bicyclic) bond motifs is 1. The minimum absolute atomic E-state index is 0.0390. The molecule has 0 fully saturated rings. The van der Waals surface area contributed by atoms with Gasteiger partial charge in [-0.1, -0.05) is 32.4 Å². The van der Waals surface area contributed by atoms with Gasteiger partial charge in [0.05, 0.1) is 12.6 Å². The van der Waals surface area contributed by atoms with Crippen molar-refractivity contribution in [1.82, 2.24) is 5.32 Å². The van der Waals surface area contributed by atoms with Crippen molar-refractivity contribution in [3.05, 3.63) is 28.8 Å². The third-order valence-corrected chi connectivity index (χ3v) is 4.23. The SMILES string of the molecule is CCCCC(=O)NC1CCOc2c(C(C)N)cc(CC)cc21. The minimum Gasteiger partial charge on any atom is -0.493 e. The van der Waals surface area contributed by atoms with Crippen LogP contribution in [0.4, 0.5) is 0 Å². The zero-order valence-corrected chi connectivity index (χ0v) is 13.9. The summed E-state index contributed by atoms with van der Waals surface area (Å²) < 4.78 is 5.88. The number of carbonyl (C=O) groups is 1. The van der Waals surface area contributed by atoms with Gasteiger partial charge in [0.25, 0.3) is 0 Å². The van der Waals surface area contributed by atoms with E-state index >= 15 is 0 Å². The monoisotopic (exact) mass is 304 g/mol. The maximum atomic E-state index is 12.1. The van der Waals surface area contributed by atoms with Crippen molar-refractivity contribution in [2.24, 2.45) is 5.73 Å². The smallest absolute Gasteiger partial charge is 0.220 e. The Balaban J connectivity index is 2.28. The molecule has 3 N–H and O–H groups in total. The highest BCUT2D eigenvalue weighted by atomic mass is 16.5. The lowest BCUT2D eigenvalue weighted by atomic mass is 9.92. The quantitative estimate of drug-likeness (QED) is 0.846. The number of rotatable bonds is 6. The molecule has 1 aliphatic rings. The number of carbonyl (C=O) groups excluding carboxylic acids is 1. The Bertz CT molecular complexity index is 526. The number of amides is 1. The molecule has 1 aromatic rings. The third kappa shape index (κ3) is 3.80. The molecular formula is C18H28N2O2. The predicted octanol–water partition coefficient (Wildman–Crippen LogP) is 3.40. The van der Waals surface area contributed by atoms with Crippen molar-refractivity contribution >= 4 is 5.91 Å². The van der Waals surface area contributed by atoms with Gasteiger partial charge in [-0.05, 0) is 25.3 Å². The fraction of sp³-hybridized carbons (Fsp3) is 0.611. The second kappa shape index (κ2) is 7.63. The van der Waals surface area contributed by atoms with Gasteiger partial charge in [-0.2, -0.15) is 0 Å². The molecule has 22 heavy (non-hydrogen) atoms. The van der Waals surface area contributed by atoms with E-state index in [0.717, 1.165) is 42.6 Å². The molecule has 0 aliphatic carbocycles. The molecule has 2 atom stereocenters. The van der Waals surface area contributed by atoms with Crippen LogP contribution in [0, 0.1) is 0 Å². The van der Waals surface area contributed by atoms with Gasteiger partial charge >= 0.3 is 0 Å². The number of hydrogen-bond donors (Lipinski definition) is 2. The highest BCUT2D eigenvalue weighted by Gasteiger charge is 2.26. The Kier molecular flexibility index (Phi) is 5.83. The van der Waals surface area contributed by atoms with Crippen molar-refractivity contribution in [2.75, 3.05) is 6.61 Å². The van der Waals surface area contributed by atoms with Gasteiger partial charge in [-0.15, -0.1) is 0 Å². The third-order valence-electron chi connectivity index (χ3n) is 4.23. The first-order valence-corrected chi connectivity index (χ1v) is 8.41. The second-order valence-corrected chi connectivity index (χ2v) is 6.11. The van der Waals surface area contributed by atoms with Crippen LogP contribution in [0.15, 0.2) is 12.1 Å². The van der Waals surface area contributed by atoms with E-state index in [1.54, 1.807) is 0 Å². The van der Waals surface area contributed by atoms with Gasteiger partial charge < -0.3 is 15.8 Å². The van der Waals surface area contributed by atoms with Gasteiger partial charge in [-0.3, -0.25) is 4.79 Å². The van der Waals surface area contributed by atoms with E-state index in [9.17, 15) is 4.79 Å². The number of aryl methyl sites for hydroxylation is 1. The number of ether oxygens (including phenoxy) is 1. The minimum atomic E-state index is -0.0743. The lowest BCUT2D eigenvalue weighted by Crippen LogP contribution is -2.32. The van der Waals surface area contributed by atoms with Crippen LogP contribution in [0.5, 0.6) is 5.75 Å². The van der Waals surface area contributed by atoms with Crippen LogP contribution in [-0.2, 0) is 11.2 Å². The normalized spacial score (nSPS) is 18.3. The highest BCUT2D eigenvalue weighted by molar-refractivity contribution is 5.76. The molecule has 0 bridgehead atoms. The summed E-state index contributed by atoms with van der Waals surface area (Å²) in [5.74, 6) is 1.00. The van der Waals surface area contributed by atoms with Gasteiger partial charge in [0.1, 0.15) is 5.75 Å². The molecule has 4 heteroatoms. The van der Waals surface area contributed by atoms with Crippen LogP contribution in [0.2, 0.25) is 0 Å². The number of hydrogen-bond acceptors (Lipinski definition) is 3. The summed E-state index contributed by atoms with van der Waals surface area (Å²) in [7, 11) is 0. The Morgan fingerprint density at radius 3 is 2.86 bits per heavy atom. The van der Waals surface area contributed by atoms with Gasteiger partial charge in [0.15, 0.2) is 0 Å². The van der Waals surface area contributed by atoms with Gasteiger partial charge in [0.2, 0.25) is 5.91 Å². The standard InChI is InChI=1S/C18H28N2O2/c1-4-6-7-17(21)20-16-8-9-22-18-14(12(3)19)10-13(5-2)11-15(16)18/h10-12,16H,4-9,19H2,1-3H3,(H,20,21). The summed E-state index contributed by atoms with van der Waals surface area (Å²) in [5, 5.41) is 3.17. The lowest BCUT2D eigenvalue weighted by Gasteiger charge is -2.30. The number of nitrogens with two attached hydrogens (primary N) is 1. The second-order valence-electron chi connectivity index (χ2n) is 6.11. The molecule has 2 rings (SSSR count). The Hall–Kier alpha value is -1.55. The maximum absolute atomic E-state index is 12.1. The molecule has 1 amide bonds. The van der Waals surface area contributed by atoms with Crippen LogP contribution < -0.4 is 15.8 Å². The molecule has 1 aliphatic heterocycles. The average Bonchev–Trinajstić information content (AvgIpc) is 2.52. The molecule has 1 heterocycles. The summed E-state index contributed by atoms with van der Waals surface area (Å²) >= 11 is 0. The summed E-state index contributed by atoms with van der Waals surface area (Å²) in [6.45, 7) is 6.82. The fourth-order valence-corrected chi connectivity index (χ4v) is 2.89. The van der Waals surface area contributed by atoms with Crippen molar-refractivity contribution < 1.29 is 9.53 Å². The van der Waals surface area contributed by atoms with Crippen molar-refractivity contribution in [2.45, 2.75) is 65.0 Å². The highest BCUT2D eigenvalue weighted by Crippen LogP contribution is 2.38. The van der Waals surface area contributed by atoms with Crippen molar-refractivity contribution in [3.63, 3.8) is 0 Å². The topological polar surface area (TPSA) is 64.3 Å². The molecule has 1 aromatic carbocycles. The molecule has 0 aromatic heterocycles. The summed E-state index contributed by atoms with van der Waals surface area (Å²) in [4.78, 5) is 12.1. The molecule has 4 nitrogen and oxygen atoms in total. The Morgan fingerprint density at radius 2 is 2.23 bits per heavy atom. The number of nitrogens with one attached hydrogen (secondary N) is 1. The van der Waals surface area contributed by atoms with Crippen LogP contribution in [-0.4, -0.2) is 12.5 Å². The summed E-state index contributed by atoms with van der Waals surface area (Å²) in [5.41, 5.74) is 9.48. The molecule has 0 saturated carbocycles. The van der Waals surface area contributed by atoms with Crippen LogP contribution in [0.3, 0.4) is 0 Å².